The van der Waals surface area contributed by atoms with Crippen LogP contribution in [0, 0.1) is 0 Å². The lowest BCUT2D eigenvalue weighted by Crippen LogP contribution is -2.55. The van der Waals surface area contributed by atoms with Crippen LogP contribution in [-0.2, 0) is 0 Å². The minimum absolute atomic E-state index is 0.00924. The standard InChI is InChI=1S/C23H28BrN3O2/c1-3-29-18-7-4-16(5-8-18)20-15-21(19-14-17(24)6-9-22(19)28)26-23(25-20)10-12-27(2)13-11-23/h4-9,14,21,26,28H,3,10-13,15H2,1-2H3/t21-/m1/s1. The van der Waals surface area contributed by atoms with Crippen LogP contribution in [-0.4, -0.2) is 48.1 Å². The molecule has 2 aliphatic rings. The normalized spacial score (nSPS) is 21.8. The van der Waals surface area contributed by atoms with E-state index in [1.807, 2.05) is 31.2 Å². The predicted octanol–water partition coefficient (Wildman–Crippen LogP) is 4.50. The number of ether oxygens (including phenoxy) is 1. The Bertz CT molecular complexity index is 889. The van der Waals surface area contributed by atoms with Crippen molar-refractivity contribution in [1.82, 2.24) is 10.2 Å². The zero-order valence-electron chi connectivity index (χ0n) is 17.0. The Labute approximate surface area is 180 Å². The molecule has 0 saturated carbocycles. The van der Waals surface area contributed by atoms with E-state index in [0.717, 1.165) is 59.4 Å². The van der Waals surface area contributed by atoms with Gasteiger partial charge in [0.05, 0.1) is 6.61 Å². The summed E-state index contributed by atoms with van der Waals surface area (Å²) in [5.74, 6) is 1.20. The first kappa shape index (κ1) is 20.4. The summed E-state index contributed by atoms with van der Waals surface area (Å²) in [5.41, 5.74) is 2.82. The zero-order valence-corrected chi connectivity index (χ0v) is 18.6. The summed E-state index contributed by atoms with van der Waals surface area (Å²) in [4.78, 5) is 7.57. The van der Waals surface area contributed by atoms with Gasteiger partial charge in [0.15, 0.2) is 0 Å². The van der Waals surface area contributed by atoms with E-state index in [2.05, 4.69) is 45.3 Å². The summed E-state index contributed by atoms with van der Waals surface area (Å²) in [6.07, 6.45) is 2.64. The average Bonchev–Trinajstić information content (AvgIpc) is 2.73. The van der Waals surface area contributed by atoms with Crippen molar-refractivity contribution in [2.45, 2.75) is 37.9 Å². The summed E-state index contributed by atoms with van der Waals surface area (Å²) >= 11 is 3.55. The van der Waals surface area contributed by atoms with Gasteiger partial charge in [-0.15, -0.1) is 0 Å². The molecule has 6 heteroatoms. The first-order valence-corrected chi connectivity index (χ1v) is 11.0. The third-order valence-electron chi connectivity index (χ3n) is 5.87. The number of phenols is 1. The number of piperidine rings is 1. The molecule has 0 amide bonds. The van der Waals surface area contributed by atoms with Gasteiger partial charge in [-0.25, -0.2) is 0 Å². The summed E-state index contributed by atoms with van der Waals surface area (Å²) in [6, 6.07) is 13.9. The van der Waals surface area contributed by atoms with Crippen molar-refractivity contribution in [3.8, 4) is 11.5 Å². The number of halogens is 1. The molecule has 29 heavy (non-hydrogen) atoms. The number of hydrogen-bond donors (Lipinski definition) is 2. The van der Waals surface area contributed by atoms with Crippen LogP contribution in [0.25, 0.3) is 0 Å². The maximum Gasteiger partial charge on any atom is 0.120 e. The van der Waals surface area contributed by atoms with Crippen LogP contribution in [0.4, 0.5) is 0 Å². The van der Waals surface area contributed by atoms with Crippen LogP contribution in [0.1, 0.15) is 43.4 Å². The quantitative estimate of drug-likeness (QED) is 0.709. The van der Waals surface area contributed by atoms with Gasteiger partial charge in [0.1, 0.15) is 17.2 Å². The number of rotatable bonds is 4. The topological polar surface area (TPSA) is 57.1 Å². The Morgan fingerprint density at radius 2 is 1.93 bits per heavy atom. The molecule has 1 spiro atoms. The molecule has 2 aliphatic heterocycles. The Morgan fingerprint density at radius 1 is 1.21 bits per heavy atom. The van der Waals surface area contributed by atoms with E-state index in [9.17, 15) is 5.11 Å². The second-order valence-corrected chi connectivity index (χ2v) is 8.87. The molecule has 5 nitrogen and oxygen atoms in total. The van der Waals surface area contributed by atoms with Gasteiger partial charge in [0, 0.05) is 41.3 Å². The molecular weight excluding hydrogens is 430 g/mol. The van der Waals surface area contributed by atoms with Gasteiger partial charge in [-0.1, -0.05) is 15.9 Å². The van der Waals surface area contributed by atoms with Crippen molar-refractivity contribution in [3.63, 3.8) is 0 Å². The first-order chi connectivity index (χ1) is 14.0. The van der Waals surface area contributed by atoms with Crippen LogP contribution in [0.3, 0.4) is 0 Å². The van der Waals surface area contributed by atoms with E-state index in [4.69, 9.17) is 9.73 Å². The van der Waals surface area contributed by atoms with Gasteiger partial charge in [-0.3, -0.25) is 10.3 Å². The largest absolute Gasteiger partial charge is 0.508 e. The summed E-state index contributed by atoms with van der Waals surface area (Å²) in [7, 11) is 2.16. The maximum absolute atomic E-state index is 10.5. The van der Waals surface area contributed by atoms with Crippen LogP contribution >= 0.6 is 15.9 Å². The second kappa shape index (κ2) is 8.46. The molecular formula is C23H28BrN3O2. The van der Waals surface area contributed by atoms with Crippen molar-refractivity contribution >= 4 is 21.6 Å². The van der Waals surface area contributed by atoms with E-state index >= 15 is 0 Å². The SMILES string of the molecule is CCOc1ccc(C2=NC3(CCN(C)CC3)N[C@@H](c3cc(Br)ccc3O)C2)cc1. The molecule has 4 rings (SSSR count). The van der Waals surface area contributed by atoms with Crippen LogP contribution < -0.4 is 10.1 Å². The third kappa shape index (κ3) is 4.49. The van der Waals surface area contributed by atoms with Crippen LogP contribution in [0.5, 0.6) is 11.5 Å². The smallest absolute Gasteiger partial charge is 0.120 e. The number of likely N-dealkylation sites (tertiary alicyclic amines) is 1. The molecule has 2 heterocycles. The summed E-state index contributed by atoms with van der Waals surface area (Å²) in [5, 5.41) is 14.3. The number of aromatic hydroxyl groups is 1. The highest BCUT2D eigenvalue weighted by molar-refractivity contribution is 9.10. The average molecular weight is 458 g/mol. The maximum atomic E-state index is 10.5. The molecule has 1 atom stereocenters. The molecule has 2 aromatic carbocycles. The Hall–Kier alpha value is -1.89. The monoisotopic (exact) mass is 457 g/mol. The summed E-state index contributed by atoms with van der Waals surface area (Å²) in [6.45, 7) is 4.66. The van der Waals surface area contributed by atoms with Gasteiger partial charge in [0.2, 0.25) is 0 Å². The molecule has 0 aromatic heterocycles. The Morgan fingerprint density at radius 3 is 2.62 bits per heavy atom. The van der Waals surface area contributed by atoms with Gasteiger partial charge in [-0.2, -0.15) is 0 Å². The number of benzene rings is 2. The molecule has 0 unspecified atom stereocenters. The lowest BCUT2D eigenvalue weighted by atomic mass is 9.87. The van der Waals surface area contributed by atoms with Crippen LogP contribution in [0.2, 0.25) is 0 Å². The molecule has 0 bridgehead atoms. The fourth-order valence-corrected chi connectivity index (χ4v) is 4.61. The summed E-state index contributed by atoms with van der Waals surface area (Å²) < 4.78 is 6.56. The zero-order chi connectivity index (χ0) is 20.4. The fourth-order valence-electron chi connectivity index (χ4n) is 4.23. The molecule has 154 valence electrons. The van der Waals surface area contributed by atoms with E-state index in [-0.39, 0.29) is 11.7 Å². The number of nitrogens with one attached hydrogen (secondary N) is 1. The molecule has 2 N–H and O–H groups in total. The molecule has 1 fully saturated rings. The highest BCUT2D eigenvalue weighted by Gasteiger charge is 2.40. The van der Waals surface area contributed by atoms with Crippen molar-refractivity contribution in [2.24, 2.45) is 4.99 Å². The number of phenolic OH excluding ortho intramolecular Hbond substituents is 1. The van der Waals surface area contributed by atoms with Crippen LogP contribution in [0.15, 0.2) is 51.9 Å². The van der Waals surface area contributed by atoms with Gasteiger partial charge < -0.3 is 14.7 Å². The third-order valence-corrected chi connectivity index (χ3v) is 6.36. The number of aliphatic imine (C=N–C) groups is 1. The first-order valence-electron chi connectivity index (χ1n) is 10.2. The van der Waals surface area contributed by atoms with Gasteiger partial charge in [0.25, 0.3) is 0 Å². The van der Waals surface area contributed by atoms with E-state index in [1.165, 1.54) is 0 Å². The molecule has 1 saturated heterocycles. The minimum Gasteiger partial charge on any atom is -0.508 e. The predicted molar refractivity (Wildman–Crippen MR) is 120 cm³/mol. The second-order valence-electron chi connectivity index (χ2n) is 7.95. The molecule has 0 aliphatic carbocycles. The number of nitrogens with zero attached hydrogens (tertiary/aromatic N) is 2. The van der Waals surface area contributed by atoms with E-state index in [1.54, 1.807) is 6.07 Å². The van der Waals surface area contributed by atoms with Crippen molar-refractivity contribution in [2.75, 3.05) is 26.7 Å². The van der Waals surface area contributed by atoms with E-state index in [0.29, 0.717) is 12.4 Å². The lowest BCUT2D eigenvalue weighted by molar-refractivity contribution is 0.144. The van der Waals surface area contributed by atoms with Gasteiger partial charge >= 0.3 is 0 Å². The molecule has 2 aromatic rings. The minimum atomic E-state index is -0.294. The Kier molecular flexibility index (Phi) is 5.95. The lowest BCUT2D eigenvalue weighted by Gasteiger charge is -2.44. The molecule has 0 radical (unpaired) electrons. The Balaban J connectivity index is 1.70. The highest BCUT2D eigenvalue weighted by Crippen LogP contribution is 2.38. The highest BCUT2D eigenvalue weighted by atomic mass is 79.9. The van der Waals surface area contributed by atoms with Crippen molar-refractivity contribution < 1.29 is 9.84 Å². The van der Waals surface area contributed by atoms with Crippen molar-refractivity contribution in [1.29, 1.82) is 0 Å². The van der Waals surface area contributed by atoms with Gasteiger partial charge in [-0.05, 0) is 74.8 Å². The fraction of sp³-hybridized carbons (Fsp3) is 0.435. The van der Waals surface area contributed by atoms with Crippen molar-refractivity contribution in [3.05, 3.63) is 58.1 Å². The van der Waals surface area contributed by atoms with E-state index < -0.39 is 0 Å². The number of hydrogen-bond acceptors (Lipinski definition) is 5.